The molecular weight excluding hydrogens is 272 g/mol. The van der Waals surface area contributed by atoms with Gasteiger partial charge in [0.15, 0.2) is 5.82 Å². The lowest BCUT2D eigenvalue weighted by atomic mass is 10.1. The Bertz CT molecular complexity index is 651. The van der Waals surface area contributed by atoms with Crippen LogP contribution in [0.15, 0.2) is 22.0 Å². The lowest BCUT2D eigenvalue weighted by Crippen LogP contribution is -2.29. The van der Waals surface area contributed by atoms with Gasteiger partial charge in [-0.15, -0.1) is 10.2 Å². The van der Waals surface area contributed by atoms with Crippen LogP contribution < -0.4 is 5.14 Å². The minimum absolute atomic E-state index is 0.212. The van der Waals surface area contributed by atoms with Crippen LogP contribution in [0.4, 0.5) is 0 Å². The van der Waals surface area contributed by atoms with Crippen LogP contribution in [0, 0.1) is 0 Å². The highest BCUT2D eigenvalue weighted by Crippen LogP contribution is 2.28. The van der Waals surface area contributed by atoms with E-state index in [9.17, 15) is 8.42 Å². The molecule has 0 fully saturated rings. The first-order chi connectivity index (χ1) is 8.21. The fourth-order valence-electron chi connectivity index (χ4n) is 1.64. The molecule has 98 valence electrons. The second kappa shape index (κ2) is 4.15. The quantitative estimate of drug-likeness (QED) is 0.903. The van der Waals surface area contributed by atoms with Gasteiger partial charge in [0, 0.05) is 16.5 Å². The number of sulfonamides is 1. The first-order valence-corrected chi connectivity index (χ1v) is 7.71. The van der Waals surface area contributed by atoms with Gasteiger partial charge in [-0.3, -0.25) is 4.57 Å². The lowest BCUT2D eigenvalue weighted by Gasteiger charge is -2.23. The Kier molecular flexibility index (Phi) is 3.04. The maximum absolute atomic E-state index is 11.5. The predicted molar refractivity (Wildman–Crippen MR) is 69.7 cm³/mol. The molecule has 2 heterocycles. The van der Waals surface area contributed by atoms with E-state index in [4.69, 9.17) is 5.14 Å². The molecule has 0 saturated heterocycles. The SMILES string of the molecule is CC(C)(C)n1c(-c2ccsc2)nnc1S(N)(=O)=O. The van der Waals surface area contributed by atoms with Gasteiger partial charge >= 0.3 is 0 Å². The van der Waals surface area contributed by atoms with E-state index in [0.717, 1.165) is 5.56 Å². The van der Waals surface area contributed by atoms with Crippen LogP contribution in [0.25, 0.3) is 11.4 Å². The van der Waals surface area contributed by atoms with Crippen molar-refractivity contribution >= 4 is 21.4 Å². The minimum Gasteiger partial charge on any atom is -0.291 e. The average Bonchev–Trinajstić information content (AvgIpc) is 2.83. The van der Waals surface area contributed by atoms with Crippen LogP contribution in [-0.4, -0.2) is 23.2 Å². The Morgan fingerprint density at radius 3 is 2.44 bits per heavy atom. The van der Waals surface area contributed by atoms with E-state index in [1.165, 1.54) is 11.3 Å². The Balaban J connectivity index is 2.75. The molecule has 2 rings (SSSR count). The molecule has 0 aliphatic rings. The lowest BCUT2D eigenvalue weighted by molar-refractivity contribution is 0.366. The van der Waals surface area contributed by atoms with Crippen molar-refractivity contribution in [3.8, 4) is 11.4 Å². The molecule has 18 heavy (non-hydrogen) atoms. The van der Waals surface area contributed by atoms with E-state index in [2.05, 4.69) is 10.2 Å². The highest BCUT2D eigenvalue weighted by atomic mass is 32.2. The number of hydrogen-bond donors (Lipinski definition) is 1. The van der Waals surface area contributed by atoms with Crippen LogP contribution in [0.1, 0.15) is 20.8 Å². The number of aromatic nitrogens is 3. The predicted octanol–water partition coefficient (Wildman–Crippen LogP) is 1.41. The Labute approximate surface area is 110 Å². The van der Waals surface area contributed by atoms with E-state index in [1.54, 1.807) is 4.57 Å². The molecule has 2 N–H and O–H groups in total. The van der Waals surface area contributed by atoms with Crippen LogP contribution in [0.3, 0.4) is 0 Å². The second-order valence-electron chi connectivity index (χ2n) is 4.87. The van der Waals surface area contributed by atoms with E-state index in [0.29, 0.717) is 5.82 Å². The maximum atomic E-state index is 11.5. The summed E-state index contributed by atoms with van der Waals surface area (Å²) in [5.41, 5.74) is 0.347. The Morgan fingerprint density at radius 1 is 1.33 bits per heavy atom. The molecule has 6 nitrogen and oxygen atoms in total. The molecule has 0 radical (unpaired) electrons. The summed E-state index contributed by atoms with van der Waals surface area (Å²) in [6, 6.07) is 1.86. The number of nitrogens with zero attached hydrogens (tertiary/aromatic N) is 3. The van der Waals surface area contributed by atoms with Crippen LogP contribution in [-0.2, 0) is 15.6 Å². The molecule has 0 bridgehead atoms. The maximum Gasteiger partial charge on any atom is 0.273 e. The zero-order valence-corrected chi connectivity index (χ0v) is 11.9. The summed E-state index contributed by atoms with van der Waals surface area (Å²) < 4.78 is 24.6. The van der Waals surface area contributed by atoms with Crippen molar-refractivity contribution in [3.63, 3.8) is 0 Å². The largest absolute Gasteiger partial charge is 0.291 e. The van der Waals surface area contributed by atoms with Crippen molar-refractivity contribution in [1.29, 1.82) is 0 Å². The Morgan fingerprint density at radius 2 is 2.00 bits per heavy atom. The third-order valence-corrected chi connectivity index (χ3v) is 3.79. The summed E-state index contributed by atoms with van der Waals surface area (Å²) in [5, 5.41) is 16.4. The molecule has 2 aromatic rings. The molecule has 0 spiro atoms. The van der Waals surface area contributed by atoms with Crippen LogP contribution in [0.2, 0.25) is 0 Å². The van der Waals surface area contributed by atoms with Crippen LogP contribution in [0.5, 0.6) is 0 Å². The van der Waals surface area contributed by atoms with Gasteiger partial charge in [-0.1, -0.05) is 0 Å². The molecule has 0 saturated carbocycles. The van der Waals surface area contributed by atoms with Crippen molar-refractivity contribution in [1.82, 2.24) is 14.8 Å². The van der Waals surface area contributed by atoms with Crippen molar-refractivity contribution in [2.24, 2.45) is 5.14 Å². The van der Waals surface area contributed by atoms with Gasteiger partial charge in [-0.05, 0) is 32.2 Å². The summed E-state index contributed by atoms with van der Waals surface area (Å²) in [6.45, 7) is 5.63. The molecule has 0 amide bonds. The summed E-state index contributed by atoms with van der Waals surface area (Å²) in [5.74, 6) is 0.507. The standard InChI is InChI=1S/C10H14N4O2S2/c1-10(2,3)14-8(7-4-5-17-6-7)12-13-9(14)18(11,15)16/h4-6H,1-3H3,(H2,11,15,16). The summed E-state index contributed by atoms with van der Waals surface area (Å²) in [4.78, 5) is 0. The molecule has 2 aromatic heterocycles. The van der Waals surface area contributed by atoms with Gasteiger partial charge in [0.2, 0.25) is 0 Å². The van der Waals surface area contributed by atoms with Gasteiger partial charge in [0.05, 0.1) is 0 Å². The first kappa shape index (κ1) is 13.2. The minimum atomic E-state index is -3.89. The average molecular weight is 286 g/mol. The molecule has 0 atom stereocenters. The fourth-order valence-corrected chi connectivity index (χ4v) is 3.04. The highest BCUT2D eigenvalue weighted by molar-refractivity contribution is 7.89. The summed E-state index contributed by atoms with van der Waals surface area (Å²) in [7, 11) is -3.89. The van der Waals surface area contributed by atoms with Gasteiger partial charge < -0.3 is 0 Å². The zero-order chi connectivity index (χ0) is 13.6. The second-order valence-corrected chi connectivity index (χ2v) is 7.10. The molecule has 0 aliphatic heterocycles. The first-order valence-electron chi connectivity index (χ1n) is 5.22. The molecular formula is C10H14N4O2S2. The number of hydrogen-bond acceptors (Lipinski definition) is 5. The van der Waals surface area contributed by atoms with Gasteiger partial charge in [-0.2, -0.15) is 11.3 Å². The third-order valence-electron chi connectivity index (χ3n) is 2.34. The summed E-state index contributed by atoms with van der Waals surface area (Å²) in [6.07, 6.45) is 0. The molecule has 0 aliphatic carbocycles. The van der Waals surface area contributed by atoms with Crippen molar-refractivity contribution in [3.05, 3.63) is 16.8 Å². The normalized spacial score (nSPS) is 12.9. The molecule has 0 unspecified atom stereocenters. The summed E-state index contributed by atoms with van der Waals surface area (Å²) >= 11 is 1.51. The number of thiophene rings is 1. The van der Waals surface area contributed by atoms with Crippen molar-refractivity contribution in [2.45, 2.75) is 31.5 Å². The van der Waals surface area contributed by atoms with Gasteiger partial charge in [-0.25, -0.2) is 13.6 Å². The topological polar surface area (TPSA) is 90.9 Å². The zero-order valence-electron chi connectivity index (χ0n) is 10.3. The van der Waals surface area contributed by atoms with E-state index < -0.39 is 15.6 Å². The monoisotopic (exact) mass is 286 g/mol. The third kappa shape index (κ3) is 2.31. The molecule has 0 aromatic carbocycles. The number of nitrogens with two attached hydrogens (primary N) is 1. The van der Waals surface area contributed by atoms with Crippen LogP contribution >= 0.6 is 11.3 Å². The van der Waals surface area contributed by atoms with Gasteiger partial charge in [0.1, 0.15) is 0 Å². The molecule has 8 heteroatoms. The fraction of sp³-hybridized carbons (Fsp3) is 0.400. The number of rotatable bonds is 2. The van der Waals surface area contributed by atoms with E-state index in [-0.39, 0.29) is 5.16 Å². The van der Waals surface area contributed by atoms with Crippen molar-refractivity contribution in [2.75, 3.05) is 0 Å². The Hall–Kier alpha value is -1.25. The smallest absolute Gasteiger partial charge is 0.273 e. The van der Waals surface area contributed by atoms with Crippen molar-refractivity contribution < 1.29 is 8.42 Å². The van der Waals surface area contributed by atoms with E-state index in [1.807, 2.05) is 37.6 Å². The number of primary sulfonamides is 1. The van der Waals surface area contributed by atoms with E-state index >= 15 is 0 Å². The highest BCUT2D eigenvalue weighted by Gasteiger charge is 2.29. The van der Waals surface area contributed by atoms with Gasteiger partial charge in [0.25, 0.3) is 15.2 Å².